The molecule has 3 rings (SSSR count). The molecule has 1 aliphatic rings. The number of benzene rings is 2. The number of hydrogen-bond acceptors (Lipinski definition) is 2. The van der Waals surface area contributed by atoms with Crippen LogP contribution in [0, 0.1) is 6.92 Å². The topological polar surface area (TPSA) is 41.1 Å². The van der Waals surface area contributed by atoms with Crippen LogP contribution in [0.15, 0.2) is 48.5 Å². The quantitative estimate of drug-likeness (QED) is 0.906. The molecule has 2 aromatic carbocycles. The summed E-state index contributed by atoms with van der Waals surface area (Å²) in [4.78, 5) is 12.3. The van der Waals surface area contributed by atoms with E-state index < -0.39 is 0 Å². The van der Waals surface area contributed by atoms with Gasteiger partial charge in [-0.25, -0.2) is 0 Å². The van der Waals surface area contributed by atoms with E-state index in [1.807, 2.05) is 43.3 Å². The Bertz CT molecular complexity index is 643. The standard InChI is InChI=1S/C19H22N2O/c1-14-4-2-3-5-18(14)21-19(22)17-8-6-15(7-9-17)16-10-12-20-13-11-16/h2-9,16,20H,10-13H2,1H3,(H,21,22). The molecule has 0 aliphatic carbocycles. The van der Waals surface area contributed by atoms with Gasteiger partial charge in [-0.3, -0.25) is 4.79 Å². The van der Waals surface area contributed by atoms with Crippen LogP contribution >= 0.6 is 0 Å². The molecule has 0 saturated carbocycles. The van der Waals surface area contributed by atoms with Gasteiger partial charge < -0.3 is 10.6 Å². The largest absolute Gasteiger partial charge is 0.322 e. The number of carbonyl (C=O) groups is 1. The molecule has 1 aliphatic heterocycles. The van der Waals surface area contributed by atoms with E-state index in [-0.39, 0.29) is 5.91 Å². The van der Waals surface area contributed by atoms with Crippen LogP contribution in [0.3, 0.4) is 0 Å². The first-order chi connectivity index (χ1) is 10.7. The molecule has 3 heteroatoms. The Balaban J connectivity index is 1.69. The first kappa shape index (κ1) is 14.8. The zero-order valence-corrected chi connectivity index (χ0v) is 12.9. The fourth-order valence-electron chi connectivity index (χ4n) is 2.97. The monoisotopic (exact) mass is 294 g/mol. The van der Waals surface area contributed by atoms with Crippen LogP contribution in [0.2, 0.25) is 0 Å². The highest BCUT2D eigenvalue weighted by atomic mass is 16.1. The van der Waals surface area contributed by atoms with Crippen LogP contribution in [-0.4, -0.2) is 19.0 Å². The smallest absolute Gasteiger partial charge is 0.255 e. The van der Waals surface area contributed by atoms with Crippen LogP contribution in [0.1, 0.15) is 40.2 Å². The molecule has 1 heterocycles. The predicted octanol–water partition coefficient (Wildman–Crippen LogP) is 3.71. The first-order valence-electron chi connectivity index (χ1n) is 7.92. The van der Waals surface area contributed by atoms with Gasteiger partial charge in [0.1, 0.15) is 0 Å². The van der Waals surface area contributed by atoms with Gasteiger partial charge in [0, 0.05) is 11.3 Å². The molecular formula is C19H22N2O. The van der Waals surface area contributed by atoms with Crippen LogP contribution in [0.25, 0.3) is 0 Å². The van der Waals surface area contributed by atoms with Crippen LogP contribution < -0.4 is 10.6 Å². The lowest BCUT2D eigenvalue weighted by Gasteiger charge is -2.23. The van der Waals surface area contributed by atoms with Crippen molar-refractivity contribution in [1.82, 2.24) is 5.32 Å². The Hall–Kier alpha value is -2.13. The summed E-state index contributed by atoms with van der Waals surface area (Å²) in [6, 6.07) is 15.9. The zero-order valence-electron chi connectivity index (χ0n) is 12.9. The minimum atomic E-state index is -0.0499. The molecule has 1 saturated heterocycles. The van der Waals surface area contributed by atoms with E-state index in [1.165, 1.54) is 18.4 Å². The Morgan fingerprint density at radius 1 is 1.05 bits per heavy atom. The van der Waals surface area contributed by atoms with Crippen molar-refractivity contribution in [2.24, 2.45) is 0 Å². The van der Waals surface area contributed by atoms with Gasteiger partial charge in [-0.1, -0.05) is 30.3 Å². The van der Waals surface area contributed by atoms with Gasteiger partial charge in [0.25, 0.3) is 5.91 Å². The normalized spacial score (nSPS) is 15.5. The first-order valence-corrected chi connectivity index (χ1v) is 7.92. The highest BCUT2D eigenvalue weighted by Crippen LogP contribution is 2.25. The Morgan fingerprint density at radius 2 is 1.73 bits per heavy atom. The van der Waals surface area contributed by atoms with E-state index in [0.29, 0.717) is 11.5 Å². The highest BCUT2D eigenvalue weighted by Gasteiger charge is 2.15. The number of anilines is 1. The average molecular weight is 294 g/mol. The second-order valence-corrected chi connectivity index (χ2v) is 5.92. The lowest BCUT2D eigenvalue weighted by molar-refractivity contribution is 0.102. The summed E-state index contributed by atoms with van der Waals surface area (Å²) in [7, 11) is 0. The number of piperidine rings is 1. The van der Waals surface area contributed by atoms with Gasteiger partial charge in [-0.2, -0.15) is 0 Å². The van der Waals surface area contributed by atoms with Gasteiger partial charge >= 0.3 is 0 Å². The van der Waals surface area contributed by atoms with Crippen LogP contribution in [-0.2, 0) is 0 Å². The van der Waals surface area contributed by atoms with Crippen molar-refractivity contribution in [2.45, 2.75) is 25.7 Å². The van der Waals surface area contributed by atoms with Crippen molar-refractivity contribution in [2.75, 3.05) is 18.4 Å². The third-order valence-electron chi connectivity index (χ3n) is 4.38. The van der Waals surface area contributed by atoms with Gasteiger partial charge in [0.15, 0.2) is 0 Å². The predicted molar refractivity (Wildman–Crippen MR) is 90.4 cm³/mol. The van der Waals surface area contributed by atoms with Crippen molar-refractivity contribution < 1.29 is 4.79 Å². The fourth-order valence-corrected chi connectivity index (χ4v) is 2.97. The van der Waals surface area contributed by atoms with Gasteiger partial charge in [0.05, 0.1) is 0 Å². The maximum atomic E-state index is 12.3. The van der Waals surface area contributed by atoms with Crippen molar-refractivity contribution >= 4 is 11.6 Å². The number of para-hydroxylation sites is 1. The van der Waals surface area contributed by atoms with Crippen molar-refractivity contribution in [3.63, 3.8) is 0 Å². The molecule has 3 nitrogen and oxygen atoms in total. The maximum absolute atomic E-state index is 12.3. The summed E-state index contributed by atoms with van der Waals surface area (Å²) in [5, 5.41) is 6.36. The van der Waals surface area contributed by atoms with E-state index in [0.717, 1.165) is 24.3 Å². The molecular weight excluding hydrogens is 272 g/mol. The molecule has 1 amide bonds. The van der Waals surface area contributed by atoms with Gasteiger partial charge in [-0.15, -0.1) is 0 Å². The summed E-state index contributed by atoms with van der Waals surface area (Å²) in [6.07, 6.45) is 2.35. The zero-order chi connectivity index (χ0) is 15.4. The van der Waals surface area contributed by atoms with E-state index in [4.69, 9.17) is 0 Å². The second kappa shape index (κ2) is 6.75. The summed E-state index contributed by atoms with van der Waals surface area (Å²) in [6.45, 7) is 4.16. The highest BCUT2D eigenvalue weighted by molar-refractivity contribution is 6.04. The van der Waals surface area contributed by atoms with E-state index in [9.17, 15) is 4.79 Å². The second-order valence-electron chi connectivity index (χ2n) is 5.92. The maximum Gasteiger partial charge on any atom is 0.255 e. The summed E-state index contributed by atoms with van der Waals surface area (Å²) in [5.41, 5.74) is 3.99. The van der Waals surface area contributed by atoms with Crippen LogP contribution in [0.5, 0.6) is 0 Å². The lowest BCUT2D eigenvalue weighted by Crippen LogP contribution is -2.26. The third kappa shape index (κ3) is 3.37. The minimum absolute atomic E-state index is 0.0499. The van der Waals surface area contributed by atoms with Crippen molar-refractivity contribution in [1.29, 1.82) is 0 Å². The summed E-state index contributed by atoms with van der Waals surface area (Å²) >= 11 is 0. The number of carbonyl (C=O) groups excluding carboxylic acids is 1. The van der Waals surface area contributed by atoms with Gasteiger partial charge in [-0.05, 0) is 68.1 Å². The van der Waals surface area contributed by atoms with Gasteiger partial charge in [0.2, 0.25) is 0 Å². The minimum Gasteiger partial charge on any atom is -0.322 e. The molecule has 0 atom stereocenters. The third-order valence-corrected chi connectivity index (χ3v) is 4.38. The Morgan fingerprint density at radius 3 is 2.41 bits per heavy atom. The summed E-state index contributed by atoms with van der Waals surface area (Å²) < 4.78 is 0. The number of hydrogen-bond donors (Lipinski definition) is 2. The SMILES string of the molecule is Cc1ccccc1NC(=O)c1ccc(C2CCNCC2)cc1. The molecule has 114 valence electrons. The number of aryl methyl sites for hydroxylation is 1. The molecule has 22 heavy (non-hydrogen) atoms. The van der Waals surface area contributed by atoms with Crippen molar-refractivity contribution in [3.05, 3.63) is 65.2 Å². The summed E-state index contributed by atoms with van der Waals surface area (Å²) in [5.74, 6) is 0.570. The molecule has 0 unspecified atom stereocenters. The average Bonchev–Trinajstić information content (AvgIpc) is 2.58. The molecule has 0 bridgehead atoms. The molecule has 1 fully saturated rings. The number of rotatable bonds is 3. The lowest BCUT2D eigenvalue weighted by atomic mass is 9.90. The van der Waals surface area contributed by atoms with E-state index in [1.54, 1.807) is 0 Å². The fraction of sp³-hybridized carbons (Fsp3) is 0.316. The molecule has 0 spiro atoms. The van der Waals surface area contributed by atoms with Crippen LogP contribution in [0.4, 0.5) is 5.69 Å². The molecule has 0 radical (unpaired) electrons. The van der Waals surface area contributed by atoms with E-state index >= 15 is 0 Å². The number of amides is 1. The molecule has 2 N–H and O–H groups in total. The molecule has 0 aromatic heterocycles. The Kier molecular flexibility index (Phi) is 4.54. The van der Waals surface area contributed by atoms with E-state index in [2.05, 4.69) is 22.8 Å². The number of nitrogens with one attached hydrogen (secondary N) is 2. The van der Waals surface area contributed by atoms with Crippen molar-refractivity contribution in [3.8, 4) is 0 Å². The Labute approximate surface area is 131 Å². The molecule has 2 aromatic rings.